The second-order valence-electron chi connectivity index (χ2n) is 2.95. The summed E-state index contributed by atoms with van der Waals surface area (Å²) in [6.45, 7) is 2.08. The topological polar surface area (TPSA) is 12.9 Å². The average molecular weight is 333 g/mol. The molecule has 0 saturated heterocycles. The highest BCUT2D eigenvalue weighted by Crippen LogP contribution is 2.34. The fourth-order valence-corrected chi connectivity index (χ4v) is 2.95. The Bertz CT molecular complexity index is 445. The number of aryl methyl sites for hydroxylation is 1. The van der Waals surface area contributed by atoms with Crippen LogP contribution in [-0.2, 0) is 0 Å². The molecular formula is C10H7Br2NS. The normalized spacial score (nSPS) is 10.5. The maximum absolute atomic E-state index is 4.41. The Labute approximate surface area is 103 Å². The summed E-state index contributed by atoms with van der Waals surface area (Å²) in [5.74, 6) is 0. The van der Waals surface area contributed by atoms with Crippen molar-refractivity contribution in [2.45, 2.75) is 6.92 Å². The lowest BCUT2D eigenvalue weighted by atomic mass is 10.1. The van der Waals surface area contributed by atoms with E-state index in [1.54, 1.807) is 11.3 Å². The summed E-state index contributed by atoms with van der Waals surface area (Å²) in [5, 5.41) is 1.03. The van der Waals surface area contributed by atoms with E-state index in [1.165, 1.54) is 11.1 Å². The summed E-state index contributed by atoms with van der Waals surface area (Å²) < 4.78 is 1.91. The van der Waals surface area contributed by atoms with Crippen molar-refractivity contribution in [3.63, 3.8) is 0 Å². The van der Waals surface area contributed by atoms with Gasteiger partial charge in [-0.2, -0.15) is 0 Å². The van der Waals surface area contributed by atoms with Gasteiger partial charge in [0.1, 0.15) is 13.4 Å². The summed E-state index contributed by atoms with van der Waals surface area (Å²) in [6.07, 6.45) is 0. The summed E-state index contributed by atoms with van der Waals surface area (Å²) in [7, 11) is 0. The Morgan fingerprint density at radius 2 is 2.07 bits per heavy atom. The zero-order valence-corrected chi connectivity index (χ0v) is 11.4. The molecule has 0 aliphatic rings. The SMILES string of the molecule is Cc1cccc(-c2nc(Br)c(Br)s2)c1. The van der Waals surface area contributed by atoms with Gasteiger partial charge < -0.3 is 0 Å². The molecule has 0 amide bonds. The van der Waals surface area contributed by atoms with Crippen LogP contribution in [0.3, 0.4) is 0 Å². The molecule has 0 bridgehead atoms. The lowest BCUT2D eigenvalue weighted by Gasteiger charge is -1.96. The monoisotopic (exact) mass is 331 g/mol. The summed E-state index contributed by atoms with van der Waals surface area (Å²) >= 11 is 8.46. The van der Waals surface area contributed by atoms with Crippen LogP contribution in [0.5, 0.6) is 0 Å². The third-order valence-electron chi connectivity index (χ3n) is 1.81. The van der Waals surface area contributed by atoms with Gasteiger partial charge in [-0.15, -0.1) is 11.3 Å². The van der Waals surface area contributed by atoms with Crippen molar-refractivity contribution >= 4 is 43.2 Å². The highest BCUT2D eigenvalue weighted by molar-refractivity contribution is 9.13. The first kappa shape index (κ1) is 10.3. The van der Waals surface area contributed by atoms with Gasteiger partial charge in [-0.1, -0.05) is 23.8 Å². The molecule has 0 atom stereocenters. The van der Waals surface area contributed by atoms with Crippen LogP contribution in [0.4, 0.5) is 0 Å². The summed E-state index contributed by atoms with van der Waals surface area (Å²) in [6, 6.07) is 8.34. The summed E-state index contributed by atoms with van der Waals surface area (Å²) in [5.41, 5.74) is 2.42. The first-order chi connectivity index (χ1) is 6.66. The Hall–Kier alpha value is -0.190. The second kappa shape index (κ2) is 4.13. The van der Waals surface area contributed by atoms with Crippen LogP contribution >= 0.6 is 43.2 Å². The quantitative estimate of drug-likeness (QED) is 0.741. The number of rotatable bonds is 1. The van der Waals surface area contributed by atoms with Crippen LogP contribution in [0.15, 0.2) is 32.7 Å². The molecule has 72 valence electrons. The Kier molecular flexibility index (Phi) is 3.04. The molecule has 1 aromatic carbocycles. The number of benzene rings is 1. The van der Waals surface area contributed by atoms with Crippen LogP contribution in [0.2, 0.25) is 0 Å². The van der Waals surface area contributed by atoms with E-state index in [2.05, 4.69) is 62.0 Å². The molecule has 4 heteroatoms. The van der Waals surface area contributed by atoms with Crippen LogP contribution in [0.25, 0.3) is 10.6 Å². The van der Waals surface area contributed by atoms with Crippen molar-refractivity contribution in [1.82, 2.24) is 4.98 Å². The molecule has 0 saturated carbocycles. The molecule has 0 unspecified atom stereocenters. The summed E-state index contributed by atoms with van der Waals surface area (Å²) in [4.78, 5) is 4.41. The molecule has 0 spiro atoms. The number of hydrogen-bond acceptors (Lipinski definition) is 2. The van der Waals surface area contributed by atoms with Gasteiger partial charge in [-0.3, -0.25) is 0 Å². The Morgan fingerprint density at radius 3 is 2.64 bits per heavy atom. The molecular weight excluding hydrogens is 326 g/mol. The first-order valence-corrected chi connectivity index (χ1v) is 6.46. The molecule has 0 aliphatic heterocycles. The minimum absolute atomic E-state index is 0.874. The molecule has 0 fully saturated rings. The van der Waals surface area contributed by atoms with Crippen molar-refractivity contribution in [2.24, 2.45) is 0 Å². The van der Waals surface area contributed by atoms with E-state index >= 15 is 0 Å². The van der Waals surface area contributed by atoms with E-state index < -0.39 is 0 Å². The largest absolute Gasteiger partial charge is 0.228 e. The number of hydrogen-bond donors (Lipinski definition) is 0. The van der Waals surface area contributed by atoms with Gasteiger partial charge in [0.2, 0.25) is 0 Å². The van der Waals surface area contributed by atoms with Crippen molar-refractivity contribution in [3.8, 4) is 10.6 Å². The molecule has 14 heavy (non-hydrogen) atoms. The van der Waals surface area contributed by atoms with E-state index in [0.717, 1.165) is 13.4 Å². The molecule has 1 nitrogen and oxygen atoms in total. The van der Waals surface area contributed by atoms with Gasteiger partial charge in [-0.25, -0.2) is 4.98 Å². The predicted molar refractivity (Wildman–Crippen MR) is 67.7 cm³/mol. The predicted octanol–water partition coefficient (Wildman–Crippen LogP) is 4.64. The van der Waals surface area contributed by atoms with Crippen LogP contribution in [0, 0.1) is 6.92 Å². The molecule has 0 N–H and O–H groups in total. The van der Waals surface area contributed by atoms with Crippen LogP contribution in [-0.4, -0.2) is 4.98 Å². The third kappa shape index (κ3) is 2.07. The van der Waals surface area contributed by atoms with Gasteiger partial charge in [0.15, 0.2) is 0 Å². The number of halogens is 2. The van der Waals surface area contributed by atoms with E-state index in [0.29, 0.717) is 0 Å². The minimum Gasteiger partial charge on any atom is -0.228 e. The zero-order chi connectivity index (χ0) is 10.1. The molecule has 2 aromatic rings. The Morgan fingerprint density at radius 1 is 1.29 bits per heavy atom. The lowest BCUT2D eigenvalue weighted by Crippen LogP contribution is -1.77. The van der Waals surface area contributed by atoms with Crippen molar-refractivity contribution in [1.29, 1.82) is 0 Å². The second-order valence-corrected chi connectivity index (χ2v) is 6.02. The van der Waals surface area contributed by atoms with Crippen LogP contribution < -0.4 is 0 Å². The molecule has 1 heterocycles. The smallest absolute Gasteiger partial charge is 0.132 e. The fourth-order valence-electron chi connectivity index (χ4n) is 1.18. The standard InChI is InChI=1S/C10H7Br2NS/c1-6-3-2-4-7(5-6)10-13-8(11)9(12)14-10/h2-5H,1H3. The number of aromatic nitrogens is 1. The van der Waals surface area contributed by atoms with E-state index in [1.807, 2.05) is 6.07 Å². The van der Waals surface area contributed by atoms with Gasteiger partial charge in [0, 0.05) is 5.56 Å². The van der Waals surface area contributed by atoms with E-state index in [-0.39, 0.29) is 0 Å². The number of thiazole rings is 1. The molecule has 2 rings (SSSR count). The van der Waals surface area contributed by atoms with Gasteiger partial charge in [0.05, 0.1) is 0 Å². The van der Waals surface area contributed by atoms with E-state index in [9.17, 15) is 0 Å². The highest BCUT2D eigenvalue weighted by atomic mass is 79.9. The number of nitrogens with zero attached hydrogens (tertiary/aromatic N) is 1. The van der Waals surface area contributed by atoms with Gasteiger partial charge in [0.25, 0.3) is 0 Å². The first-order valence-electron chi connectivity index (χ1n) is 4.05. The lowest BCUT2D eigenvalue weighted by molar-refractivity contribution is 1.34. The van der Waals surface area contributed by atoms with Crippen LogP contribution in [0.1, 0.15) is 5.56 Å². The zero-order valence-electron chi connectivity index (χ0n) is 7.42. The molecule has 1 aromatic heterocycles. The maximum atomic E-state index is 4.41. The van der Waals surface area contributed by atoms with E-state index in [4.69, 9.17) is 0 Å². The minimum atomic E-state index is 0.874. The van der Waals surface area contributed by atoms with Crippen molar-refractivity contribution < 1.29 is 0 Å². The maximum Gasteiger partial charge on any atom is 0.132 e. The third-order valence-corrected chi connectivity index (χ3v) is 4.94. The molecule has 0 radical (unpaired) electrons. The molecule has 0 aliphatic carbocycles. The Balaban J connectivity index is 2.49. The fraction of sp³-hybridized carbons (Fsp3) is 0.100. The van der Waals surface area contributed by atoms with Crippen molar-refractivity contribution in [3.05, 3.63) is 38.2 Å². The van der Waals surface area contributed by atoms with Gasteiger partial charge >= 0.3 is 0 Å². The average Bonchev–Trinajstić information content (AvgIpc) is 2.47. The van der Waals surface area contributed by atoms with Crippen molar-refractivity contribution in [2.75, 3.05) is 0 Å². The highest BCUT2D eigenvalue weighted by Gasteiger charge is 2.07. The van der Waals surface area contributed by atoms with Gasteiger partial charge in [-0.05, 0) is 44.8 Å².